The van der Waals surface area contributed by atoms with Crippen LogP contribution in [0.15, 0.2) is 4.90 Å². The lowest BCUT2D eigenvalue weighted by Gasteiger charge is -2.05. The Morgan fingerprint density at radius 3 is 1.18 bits per heavy atom. The molecule has 0 atom stereocenters. The van der Waals surface area contributed by atoms with Gasteiger partial charge in [-0.25, -0.2) is 30.4 Å². The van der Waals surface area contributed by atoms with Gasteiger partial charge in [-0.1, -0.05) is 13.8 Å². The van der Waals surface area contributed by atoms with Gasteiger partial charge in [-0.3, -0.25) is 0 Å². The number of halogens is 5. The van der Waals surface area contributed by atoms with Gasteiger partial charge in [0.25, 0.3) is 0 Å². The van der Waals surface area contributed by atoms with Crippen molar-refractivity contribution >= 4 is 9.84 Å². The van der Waals surface area contributed by atoms with E-state index < -0.39 is 43.8 Å². The van der Waals surface area contributed by atoms with E-state index in [2.05, 4.69) is 0 Å². The molecule has 0 heterocycles. The topological polar surface area (TPSA) is 34.1 Å². The summed E-state index contributed by atoms with van der Waals surface area (Å²) in [6.45, 7) is 4.00. The first-order valence-corrected chi connectivity index (χ1v) is 6.28. The molecule has 0 aromatic heterocycles. The Hall–Kier alpha value is -1.18. The van der Waals surface area contributed by atoms with Crippen LogP contribution in [0.4, 0.5) is 22.0 Å². The van der Waals surface area contributed by atoms with Gasteiger partial charge in [0.1, 0.15) is 4.90 Å². The largest absolute Gasteiger partial charge is 0.224 e. The molecule has 0 N–H and O–H groups in total. The number of hydrogen-bond acceptors (Lipinski definition) is 2. The van der Waals surface area contributed by atoms with E-state index in [0.717, 1.165) is 0 Å². The summed E-state index contributed by atoms with van der Waals surface area (Å²) in [7, 11) is -4.52. The van der Waals surface area contributed by atoms with E-state index in [1.165, 1.54) is 0 Å². The van der Waals surface area contributed by atoms with Gasteiger partial charge in [-0.15, -0.1) is 0 Å². The fourth-order valence-corrected chi connectivity index (χ4v) is 1.74. The van der Waals surface area contributed by atoms with E-state index in [1.807, 2.05) is 13.8 Å². The van der Waals surface area contributed by atoms with Crippen molar-refractivity contribution in [3.05, 3.63) is 29.1 Å². The molecule has 1 aromatic rings. The molecule has 1 rings (SSSR count). The summed E-state index contributed by atoms with van der Waals surface area (Å²) in [5.74, 6) is -11.7. The molecular formula is C9H9F5O2S. The van der Waals surface area contributed by atoms with Crippen molar-refractivity contribution in [2.45, 2.75) is 18.7 Å². The van der Waals surface area contributed by atoms with Gasteiger partial charge in [-0.2, -0.15) is 0 Å². The summed E-state index contributed by atoms with van der Waals surface area (Å²) in [6, 6.07) is 0. The first-order valence-electron chi connectivity index (χ1n) is 4.39. The number of hydrogen-bond donors (Lipinski definition) is 0. The van der Waals surface area contributed by atoms with Crippen LogP contribution in [0.25, 0.3) is 0 Å². The van der Waals surface area contributed by atoms with Crippen LogP contribution in [-0.4, -0.2) is 14.7 Å². The van der Waals surface area contributed by atoms with E-state index in [0.29, 0.717) is 6.26 Å². The summed E-state index contributed by atoms with van der Waals surface area (Å²) >= 11 is 0. The molecule has 0 aliphatic rings. The molecule has 0 amide bonds. The van der Waals surface area contributed by atoms with E-state index >= 15 is 0 Å². The fourth-order valence-electron chi connectivity index (χ4n) is 0.910. The minimum absolute atomic E-state index is 0.339. The zero-order valence-corrected chi connectivity index (χ0v) is 9.93. The molecule has 17 heavy (non-hydrogen) atoms. The summed E-state index contributed by atoms with van der Waals surface area (Å²) in [5.41, 5.74) is 0. The molecule has 1 aromatic carbocycles. The van der Waals surface area contributed by atoms with Crippen LogP contribution in [0.3, 0.4) is 0 Å². The molecule has 0 bridgehead atoms. The minimum atomic E-state index is -4.52. The molecule has 8 heteroatoms. The summed E-state index contributed by atoms with van der Waals surface area (Å²) < 4.78 is 84.6. The maximum absolute atomic E-state index is 12.8. The van der Waals surface area contributed by atoms with Gasteiger partial charge in [-0.05, 0) is 0 Å². The predicted octanol–water partition coefficient (Wildman–Crippen LogP) is 2.81. The smallest absolute Gasteiger partial charge is 0.200 e. The second kappa shape index (κ2) is 5.44. The van der Waals surface area contributed by atoms with Crippen LogP contribution in [0.5, 0.6) is 0 Å². The first-order chi connectivity index (χ1) is 7.68. The number of benzene rings is 1. The fraction of sp³-hybridized carbons (Fsp3) is 0.333. The molecule has 2 nitrogen and oxygen atoms in total. The molecular weight excluding hydrogens is 267 g/mol. The maximum atomic E-state index is 12.8. The van der Waals surface area contributed by atoms with Gasteiger partial charge in [0, 0.05) is 6.26 Å². The highest BCUT2D eigenvalue weighted by Gasteiger charge is 2.30. The Morgan fingerprint density at radius 2 is 0.941 bits per heavy atom. The van der Waals surface area contributed by atoms with Crippen LogP contribution in [0.2, 0.25) is 0 Å². The van der Waals surface area contributed by atoms with Crippen molar-refractivity contribution in [3.63, 3.8) is 0 Å². The zero-order valence-electron chi connectivity index (χ0n) is 9.11. The van der Waals surface area contributed by atoms with Crippen molar-refractivity contribution < 1.29 is 30.4 Å². The molecule has 0 saturated carbocycles. The lowest BCUT2D eigenvalue weighted by Crippen LogP contribution is -2.11. The summed E-state index contributed by atoms with van der Waals surface area (Å²) in [5, 5.41) is 0. The van der Waals surface area contributed by atoms with Crippen LogP contribution in [0, 0.1) is 29.1 Å². The second-order valence-electron chi connectivity index (χ2n) is 2.67. The quantitative estimate of drug-likeness (QED) is 0.342. The predicted molar refractivity (Wildman–Crippen MR) is 50.7 cm³/mol. The van der Waals surface area contributed by atoms with Gasteiger partial charge in [0.15, 0.2) is 33.1 Å². The lowest BCUT2D eigenvalue weighted by molar-refractivity contribution is 0.358. The normalized spacial score (nSPS) is 10.8. The SMILES string of the molecule is CC.CS(=O)(=O)c1c(F)c(F)c(F)c(F)c1F. The van der Waals surface area contributed by atoms with Crippen molar-refractivity contribution in [3.8, 4) is 0 Å². The summed E-state index contributed by atoms with van der Waals surface area (Å²) in [4.78, 5) is -1.82. The molecule has 0 fully saturated rings. The van der Waals surface area contributed by atoms with Crippen LogP contribution >= 0.6 is 0 Å². The molecule has 98 valence electrons. The van der Waals surface area contributed by atoms with E-state index in [-0.39, 0.29) is 0 Å². The van der Waals surface area contributed by atoms with E-state index in [4.69, 9.17) is 0 Å². The van der Waals surface area contributed by atoms with Crippen LogP contribution in [0.1, 0.15) is 13.8 Å². The highest BCUT2D eigenvalue weighted by molar-refractivity contribution is 7.90. The van der Waals surface area contributed by atoms with E-state index in [1.54, 1.807) is 0 Å². The van der Waals surface area contributed by atoms with Gasteiger partial charge >= 0.3 is 0 Å². The third-order valence-electron chi connectivity index (χ3n) is 1.54. The average molecular weight is 276 g/mol. The van der Waals surface area contributed by atoms with Crippen LogP contribution < -0.4 is 0 Å². The molecule has 0 saturated heterocycles. The zero-order chi connectivity index (χ0) is 14.0. The van der Waals surface area contributed by atoms with E-state index in [9.17, 15) is 30.4 Å². The standard InChI is InChI=1S/C7H3F5O2S.C2H6/c1-15(13,14)7-5(11)3(9)2(8)4(10)6(7)12;1-2/h1H3;1-2H3. The minimum Gasteiger partial charge on any atom is -0.224 e. The Labute approximate surface area is 95.0 Å². The Morgan fingerprint density at radius 1 is 0.706 bits per heavy atom. The second-order valence-corrected chi connectivity index (χ2v) is 4.62. The molecule has 0 aliphatic heterocycles. The third-order valence-corrected chi connectivity index (χ3v) is 2.64. The molecule has 0 spiro atoms. The monoisotopic (exact) mass is 276 g/mol. The molecule has 0 unspecified atom stereocenters. The van der Waals surface area contributed by atoms with Gasteiger partial charge < -0.3 is 0 Å². The first kappa shape index (κ1) is 15.8. The molecule has 0 aliphatic carbocycles. The highest BCUT2D eigenvalue weighted by Crippen LogP contribution is 2.26. The van der Waals surface area contributed by atoms with Crippen molar-refractivity contribution in [1.29, 1.82) is 0 Å². The number of rotatable bonds is 1. The summed E-state index contributed by atoms with van der Waals surface area (Å²) in [6.07, 6.45) is 0.339. The van der Waals surface area contributed by atoms with Crippen molar-refractivity contribution in [1.82, 2.24) is 0 Å². The Balaban J connectivity index is 0.00000121. The Bertz CT molecular complexity index is 496. The van der Waals surface area contributed by atoms with Crippen molar-refractivity contribution in [2.24, 2.45) is 0 Å². The van der Waals surface area contributed by atoms with Gasteiger partial charge in [0.05, 0.1) is 0 Å². The van der Waals surface area contributed by atoms with Gasteiger partial charge in [0.2, 0.25) is 5.82 Å². The maximum Gasteiger partial charge on any atom is 0.200 e. The average Bonchev–Trinajstić information content (AvgIpc) is 2.25. The number of sulfone groups is 1. The third kappa shape index (κ3) is 2.93. The van der Waals surface area contributed by atoms with Crippen LogP contribution in [-0.2, 0) is 9.84 Å². The van der Waals surface area contributed by atoms with Crippen molar-refractivity contribution in [2.75, 3.05) is 6.26 Å². The lowest BCUT2D eigenvalue weighted by atomic mass is 10.3. The Kier molecular flexibility index (Phi) is 5.06. The highest BCUT2D eigenvalue weighted by atomic mass is 32.2. The molecule has 0 radical (unpaired) electrons.